The lowest BCUT2D eigenvalue weighted by Gasteiger charge is -2.08. The second-order valence-corrected chi connectivity index (χ2v) is 6.33. The molecule has 0 fully saturated rings. The number of methoxy groups -OCH3 is 1. The molecule has 24 heavy (non-hydrogen) atoms. The Kier molecular flexibility index (Phi) is 5.40. The highest BCUT2D eigenvalue weighted by Gasteiger charge is 2.07. The van der Waals surface area contributed by atoms with Gasteiger partial charge in [0, 0.05) is 31.5 Å². The second kappa shape index (κ2) is 7.90. The average Bonchev–Trinajstić information content (AvgIpc) is 3.03. The summed E-state index contributed by atoms with van der Waals surface area (Å²) < 4.78 is 6.11. The van der Waals surface area contributed by atoms with Gasteiger partial charge in [-0.15, -0.1) is 11.3 Å². The van der Waals surface area contributed by atoms with Crippen molar-refractivity contribution in [1.82, 2.24) is 10.3 Å². The highest BCUT2D eigenvalue weighted by molar-refractivity contribution is 7.21. The van der Waals surface area contributed by atoms with E-state index in [0.717, 1.165) is 32.9 Å². The Balaban J connectivity index is 1.68. The molecule has 2 N–H and O–H groups in total. The van der Waals surface area contributed by atoms with Gasteiger partial charge in [0.05, 0.1) is 10.2 Å². The molecule has 3 aromatic rings. The fourth-order valence-electron chi connectivity index (χ4n) is 2.32. The molecule has 0 bridgehead atoms. The maximum absolute atomic E-state index is 11.9. The molecule has 1 aromatic heterocycles. The summed E-state index contributed by atoms with van der Waals surface area (Å²) >= 11 is 1.64. The van der Waals surface area contributed by atoms with E-state index in [2.05, 4.69) is 21.7 Å². The van der Waals surface area contributed by atoms with E-state index in [-0.39, 0.29) is 6.03 Å². The number of carbonyl (C=O) groups excluding carboxylic acids is 1. The van der Waals surface area contributed by atoms with E-state index < -0.39 is 0 Å². The molecule has 5 nitrogen and oxygen atoms in total. The lowest BCUT2D eigenvalue weighted by molar-refractivity contribution is 0.194. The van der Waals surface area contributed by atoms with Gasteiger partial charge in [0.1, 0.15) is 5.01 Å². The van der Waals surface area contributed by atoms with Gasteiger partial charge >= 0.3 is 6.03 Å². The molecule has 0 saturated heterocycles. The van der Waals surface area contributed by atoms with Crippen molar-refractivity contribution in [2.75, 3.05) is 25.6 Å². The van der Waals surface area contributed by atoms with Crippen LogP contribution in [0.2, 0.25) is 0 Å². The summed E-state index contributed by atoms with van der Waals surface area (Å²) in [6, 6.07) is 15.6. The fourth-order valence-corrected chi connectivity index (χ4v) is 3.28. The van der Waals surface area contributed by atoms with Crippen LogP contribution in [-0.2, 0) is 4.74 Å². The quantitative estimate of drug-likeness (QED) is 0.663. The zero-order valence-corrected chi connectivity index (χ0v) is 14.2. The number of benzene rings is 2. The van der Waals surface area contributed by atoms with Gasteiger partial charge in [-0.1, -0.05) is 24.3 Å². The first-order valence-electron chi connectivity index (χ1n) is 7.76. The molecule has 3 rings (SSSR count). The Morgan fingerprint density at radius 1 is 1.21 bits per heavy atom. The monoisotopic (exact) mass is 341 g/mol. The van der Waals surface area contributed by atoms with E-state index in [9.17, 15) is 4.79 Å². The van der Waals surface area contributed by atoms with Crippen LogP contribution in [0.4, 0.5) is 10.5 Å². The number of anilines is 1. The molecule has 0 spiro atoms. The van der Waals surface area contributed by atoms with Gasteiger partial charge in [-0.2, -0.15) is 0 Å². The normalized spacial score (nSPS) is 10.7. The van der Waals surface area contributed by atoms with Crippen molar-refractivity contribution in [3.8, 4) is 10.6 Å². The predicted molar refractivity (Wildman–Crippen MR) is 98.6 cm³/mol. The van der Waals surface area contributed by atoms with Gasteiger partial charge in [0.2, 0.25) is 0 Å². The van der Waals surface area contributed by atoms with Crippen LogP contribution in [0.3, 0.4) is 0 Å². The summed E-state index contributed by atoms with van der Waals surface area (Å²) in [5, 5.41) is 6.60. The Bertz CT molecular complexity index is 799. The number of aromatic nitrogens is 1. The molecule has 0 atom stereocenters. The third kappa shape index (κ3) is 4.10. The van der Waals surface area contributed by atoms with Crippen LogP contribution in [0.15, 0.2) is 48.5 Å². The zero-order valence-electron chi connectivity index (χ0n) is 13.4. The summed E-state index contributed by atoms with van der Waals surface area (Å²) in [7, 11) is 1.65. The molecule has 0 aliphatic rings. The van der Waals surface area contributed by atoms with Crippen LogP contribution in [0.1, 0.15) is 6.42 Å². The number of rotatable bonds is 6. The summed E-state index contributed by atoms with van der Waals surface area (Å²) in [4.78, 5) is 16.5. The number of amides is 2. The Labute approximate surface area is 144 Å². The lowest BCUT2D eigenvalue weighted by Crippen LogP contribution is -2.30. The summed E-state index contributed by atoms with van der Waals surface area (Å²) in [6.07, 6.45) is 0.787. The lowest BCUT2D eigenvalue weighted by atomic mass is 10.2. The number of ether oxygens (including phenoxy) is 1. The second-order valence-electron chi connectivity index (χ2n) is 5.29. The summed E-state index contributed by atoms with van der Waals surface area (Å²) in [6.45, 7) is 1.21. The van der Waals surface area contributed by atoms with Crippen LogP contribution in [0, 0.1) is 0 Å². The van der Waals surface area contributed by atoms with Gasteiger partial charge in [-0.05, 0) is 30.7 Å². The first kappa shape index (κ1) is 16.4. The number of nitrogens with one attached hydrogen (secondary N) is 2. The molecule has 0 aliphatic carbocycles. The third-order valence-corrected chi connectivity index (χ3v) is 4.56. The van der Waals surface area contributed by atoms with E-state index in [1.807, 2.05) is 42.5 Å². The molecular weight excluding hydrogens is 322 g/mol. The number of nitrogens with zero attached hydrogens (tertiary/aromatic N) is 1. The topological polar surface area (TPSA) is 63.2 Å². The largest absolute Gasteiger partial charge is 0.385 e. The van der Waals surface area contributed by atoms with Gasteiger partial charge in [0.15, 0.2) is 0 Å². The number of para-hydroxylation sites is 1. The number of hydrogen-bond donors (Lipinski definition) is 2. The van der Waals surface area contributed by atoms with Crippen LogP contribution in [0.5, 0.6) is 0 Å². The molecule has 2 amide bonds. The summed E-state index contributed by atoms with van der Waals surface area (Å²) in [5.41, 5.74) is 2.73. The molecule has 2 aromatic carbocycles. The van der Waals surface area contributed by atoms with Crippen LogP contribution >= 0.6 is 11.3 Å². The number of hydrogen-bond acceptors (Lipinski definition) is 4. The molecule has 0 unspecified atom stereocenters. The van der Waals surface area contributed by atoms with Crippen LogP contribution in [0.25, 0.3) is 20.8 Å². The minimum Gasteiger partial charge on any atom is -0.385 e. The zero-order chi connectivity index (χ0) is 16.8. The Hall–Kier alpha value is -2.44. The van der Waals surface area contributed by atoms with Crippen LogP contribution < -0.4 is 10.6 Å². The highest BCUT2D eigenvalue weighted by atomic mass is 32.1. The van der Waals surface area contributed by atoms with Crippen molar-refractivity contribution in [3.63, 3.8) is 0 Å². The molecule has 124 valence electrons. The standard InChI is InChI=1S/C18H19N3O2S/c1-23-11-5-10-19-18(22)20-14-7-4-6-13(12-14)17-21-15-8-2-3-9-16(15)24-17/h2-4,6-9,12H,5,10-11H2,1H3,(H2,19,20,22). The Morgan fingerprint density at radius 2 is 2.08 bits per heavy atom. The fraction of sp³-hybridized carbons (Fsp3) is 0.222. The minimum absolute atomic E-state index is 0.215. The van der Waals surface area contributed by atoms with Crippen molar-refractivity contribution in [2.24, 2.45) is 0 Å². The minimum atomic E-state index is -0.215. The molecule has 0 radical (unpaired) electrons. The van der Waals surface area contributed by atoms with E-state index in [1.165, 1.54) is 0 Å². The maximum atomic E-state index is 11.9. The number of thiazole rings is 1. The van der Waals surface area contributed by atoms with Gasteiger partial charge < -0.3 is 15.4 Å². The number of fused-ring (bicyclic) bond motifs is 1. The first-order valence-corrected chi connectivity index (χ1v) is 8.58. The van der Waals surface area contributed by atoms with E-state index >= 15 is 0 Å². The Morgan fingerprint density at radius 3 is 2.92 bits per heavy atom. The van der Waals surface area contributed by atoms with E-state index in [0.29, 0.717) is 13.2 Å². The van der Waals surface area contributed by atoms with Gasteiger partial charge in [-0.25, -0.2) is 9.78 Å². The van der Waals surface area contributed by atoms with Gasteiger partial charge in [-0.3, -0.25) is 0 Å². The molecular formula is C18H19N3O2S. The molecule has 0 saturated carbocycles. The van der Waals surface area contributed by atoms with Gasteiger partial charge in [0.25, 0.3) is 0 Å². The van der Waals surface area contributed by atoms with Crippen molar-refractivity contribution in [1.29, 1.82) is 0 Å². The molecule has 1 heterocycles. The molecule has 0 aliphatic heterocycles. The van der Waals surface area contributed by atoms with Crippen molar-refractivity contribution in [3.05, 3.63) is 48.5 Å². The average molecular weight is 341 g/mol. The van der Waals surface area contributed by atoms with E-state index in [4.69, 9.17) is 4.74 Å². The SMILES string of the molecule is COCCCNC(=O)Nc1cccc(-c2nc3ccccc3s2)c1. The molecule has 6 heteroatoms. The van der Waals surface area contributed by atoms with Crippen molar-refractivity contribution < 1.29 is 9.53 Å². The van der Waals surface area contributed by atoms with Crippen LogP contribution in [-0.4, -0.2) is 31.3 Å². The smallest absolute Gasteiger partial charge is 0.319 e. The third-order valence-electron chi connectivity index (χ3n) is 3.47. The number of urea groups is 1. The maximum Gasteiger partial charge on any atom is 0.319 e. The van der Waals surface area contributed by atoms with E-state index in [1.54, 1.807) is 18.4 Å². The predicted octanol–water partition coefficient (Wildman–Crippen LogP) is 4.12. The first-order chi connectivity index (χ1) is 11.8. The van der Waals surface area contributed by atoms with Crippen molar-refractivity contribution in [2.45, 2.75) is 6.42 Å². The summed E-state index contributed by atoms with van der Waals surface area (Å²) in [5.74, 6) is 0. The number of carbonyl (C=O) groups is 1. The van der Waals surface area contributed by atoms with Crippen molar-refractivity contribution >= 4 is 33.3 Å². The highest BCUT2D eigenvalue weighted by Crippen LogP contribution is 2.31.